The van der Waals surface area contributed by atoms with Crippen LogP contribution in [0.25, 0.3) is 10.1 Å². The maximum Gasteiger partial charge on any atom is 0.186 e. The zero-order valence-corrected chi connectivity index (χ0v) is 10.1. The molecule has 0 amide bonds. The Labute approximate surface area is 98.9 Å². The lowest BCUT2D eigenvalue weighted by Gasteiger charge is -1.94. The van der Waals surface area contributed by atoms with Crippen LogP contribution in [0.2, 0.25) is 0 Å². The predicted molar refractivity (Wildman–Crippen MR) is 65.5 cm³/mol. The van der Waals surface area contributed by atoms with Gasteiger partial charge in [-0.1, -0.05) is 17.4 Å². The number of rotatable bonds is 1. The molecule has 1 N–H and O–H groups in total. The van der Waals surface area contributed by atoms with Crippen molar-refractivity contribution in [2.45, 2.75) is 6.42 Å². The first-order valence-electron chi connectivity index (χ1n) is 3.99. The molecule has 1 heterocycles. The Kier molecular flexibility index (Phi) is 2.61. The third-order valence-electron chi connectivity index (χ3n) is 1.96. The van der Waals surface area contributed by atoms with Crippen molar-refractivity contribution in [2.24, 2.45) is 0 Å². The molecule has 0 saturated carbocycles. The van der Waals surface area contributed by atoms with Crippen LogP contribution in [0.15, 0.2) is 18.2 Å². The second kappa shape index (κ2) is 3.75. The van der Waals surface area contributed by atoms with E-state index in [0.717, 1.165) is 19.2 Å². The molecule has 0 fully saturated rings. The molecule has 0 spiro atoms. The summed E-state index contributed by atoms with van der Waals surface area (Å²) in [6, 6.07) is 7.96. The molecule has 14 heavy (non-hydrogen) atoms. The Morgan fingerprint density at radius 1 is 1.50 bits per heavy atom. The van der Waals surface area contributed by atoms with E-state index in [0.29, 0.717) is 11.5 Å². The average molecular weight is 315 g/mol. The second-order valence-corrected chi connectivity index (χ2v) is 5.00. The highest BCUT2D eigenvalue weighted by Gasteiger charge is 2.08. The number of thiophene rings is 1. The third-order valence-corrected chi connectivity index (χ3v) is 4.39. The van der Waals surface area contributed by atoms with Crippen LogP contribution in [0.5, 0.6) is 5.06 Å². The number of fused-ring (bicyclic) bond motifs is 1. The number of hydrogen-bond acceptors (Lipinski definition) is 3. The van der Waals surface area contributed by atoms with Gasteiger partial charge in [0.25, 0.3) is 0 Å². The number of nitrogens with zero attached hydrogens (tertiary/aromatic N) is 1. The first kappa shape index (κ1) is 9.74. The normalized spacial score (nSPS) is 10.3. The summed E-state index contributed by atoms with van der Waals surface area (Å²) in [4.78, 5) is 0. The van der Waals surface area contributed by atoms with Gasteiger partial charge < -0.3 is 5.11 Å². The molecular weight excluding hydrogens is 309 g/mol. The van der Waals surface area contributed by atoms with Crippen molar-refractivity contribution in [2.75, 3.05) is 0 Å². The maximum atomic E-state index is 9.51. The molecule has 2 aromatic rings. The van der Waals surface area contributed by atoms with E-state index in [-0.39, 0.29) is 0 Å². The van der Waals surface area contributed by atoms with Crippen molar-refractivity contribution in [3.05, 3.63) is 27.3 Å². The summed E-state index contributed by atoms with van der Waals surface area (Å²) in [5.74, 6) is 0. The van der Waals surface area contributed by atoms with Gasteiger partial charge in [0.1, 0.15) is 0 Å². The van der Waals surface area contributed by atoms with Gasteiger partial charge in [0.2, 0.25) is 0 Å². The van der Waals surface area contributed by atoms with Crippen LogP contribution < -0.4 is 0 Å². The molecular formula is C10H6INOS. The van der Waals surface area contributed by atoms with E-state index in [2.05, 4.69) is 28.7 Å². The van der Waals surface area contributed by atoms with E-state index in [1.54, 1.807) is 0 Å². The monoisotopic (exact) mass is 315 g/mol. The minimum Gasteiger partial charge on any atom is -0.499 e. The largest absolute Gasteiger partial charge is 0.499 e. The molecule has 0 saturated heterocycles. The van der Waals surface area contributed by atoms with Crippen LogP contribution in [0, 0.1) is 14.9 Å². The molecule has 4 heteroatoms. The zero-order valence-electron chi connectivity index (χ0n) is 7.12. The van der Waals surface area contributed by atoms with Gasteiger partial charge in [0.15, 0.2) is 5.06 Å². The Balaban J connectivity index is 2.65. The number of nitriles is 1. The van der Waals surface area contributed by atoms with Crippen LogP contribution in [0.3, 0.4) is 0 Å². The summed E-state index contributed by atoms with van der Waals surface area (Å²) in [6.45, 7) is 0. The molecule has 0 aliphatic rings. The highest BCUT2D eigenvalue weighted by Crippen LogP contribution is 2.37. The van der Waals surface area contributed by atoms with E-state index < -0.39 is 0 Å². The van der Waals surface area contributed by atoms with Crippen molar-refractivity contribution in [3.8, 4) is 11.1 Å². The van der Waals surface area contributed by atoms with E-state index in [9.17, 15) is 5.11 Å². The zero-order chi connectivity index (χ0) is 10.1. The molecule has 1 aromatic heterocycles. The van der Waals surface area contributed by atoms with Crippen molar-refractivity contribution in [1.29, 1.82) is 5.26 Å². The molecule has 0 radical (unpaired) electrons. The lowest BCUT2D eigenvalue weighted by atomic mass is 10.1. The van der Waals surface area contributed by atoms with Gasteiger partial charge >= 0.3 is 0 Å². The van der Waals surface area contributed by atoms with Crippen LogP contribution in [-0.4, -0.2) is 5.11 Å². The molecule has 2 nitrogen and oxygen atoms in total. The molecule has 2 rings (SSSR count). The Bertz CT molecular complexity index is 527. The van der Waals surface area contributed by atoms with Crippen LogP contribution in [0.4, 0.5) is 0 Å². The summed E-state index contributed by atoms with van der Waals surface area (Å²) >= 11 is 3.49. The molecule has 0 unspecified atom stereocenters. The minimum atomic E-state index is 0.356. The smallest absolute Gasteiger partial charge is 0.186 e. The quantitative estimate of drug-likeness (QED) is 0.821. The Morgan fingerprint density at radius 2 is 2.29 bits per heavy atom. The van der Waals surface area contributed by atoms with Crippen molar-refractivity contribution in [1.82, 2.24) is 0 Å². The maximum absolute atomic E-state index is 9.51. The summed E-state index contributed by atoms with van der Waals surface area (Å²) in [5.41, 5.74) is 0.996. The van der Waals surface area contributed by atoms with Gasteiger partial charge in [-0.3, -0.25) is 0 Å². The number of benzene rings is 1. The van der Waals surface area contributed by atoms with Crippen LogP contribution >= 0.6 is 33.9 Å². The van der Waals surface area contributed by atoms with Gasteiger partial charge in [-0.25, -0.2) is 0 Å². The average Bonchev–Trinajstić information content (AvgIpc) is 2.45. The van der Waals surface area contributed by atoms with Crippen molar-refractivity contribution < 1.29 is 5.11 Å². The number of hydrogen-bond donors (Lipinski definition) is 1. The number of halogens is 1. The Hall–Kier alpha value is -0.800. The lowest BCUT2D eigenvalue weighted by Crippen LogP contribution is -1.79. The molecule has 0 bridgehead atoms. The van der Waals surface area contributed by atoms with Gasteiger partial charge in [-0.2, -0.15) is 5.26 Å². The highest BCUT2D eigenvalue weighted by atomic mass is 127. The predicted octanol–water partition coefficient (Wildman–Crippen LogP) is 3.28. The summed E-state index contributed by atoms with van der Waals surface area (Å²) < 4.78 is 1.94. The molecule has 1 aromatic carbocycles. The topological polar surface area (TPSA) is 44.0 Å². The molecule has 0 atom stereocenters. The van der Waals surface area contributed by atoms with Gasteiger partial charge in [0, 0.05) is 10.1 Å². The van der Waals surface area contributed by atoms with Crippen LogP contribution in [0.1, 0.15) is 5.56 Å². The third kappa shape index (κ3) is 1.57. The first-order valence-corrected chi connectivity index (χ1v) is 5.88. The van der Waals surface area contributed by atoms with Gasteiger partial charge in [0.05, 0.1) is 16.1 Å². The highest BCUT2D eigenvalue weighted by molar-refractivity contribution is 14.1. The summed E-state index contributed by atoms with van der Waals surface area (Å²) in [7, 11) is 0. The second-order valence-electron chi connectivity index (χ2n) is 2.89. The minimum absolute atomic E-state index is 0.356. The standard InChI is InChI=1S/C10H6INOS/c11-9-7-5-6(3-4-12)1-2-8(7)14-10(9)13/h1-2,5,13H,3H2. The SMILES string of the molecule is N#CCc1ccc2sc(O)c(I)c2c1. The number of aromatic hydroxyl groups is 1. The van der Waals surface area contributed by atoms with E-state index in [1.807, 2.05) is 18.2 Å². The Morgan fingerprint density at radius 3 is 3.00 bits per heavy atom. The van der Waals surface area contributed by atoms with E-state index in [4.69, 9.17) is 5.26 Å². The fourth-order valence-corrected chi connectivity index (χ4v) is 3.08. The summed E-state index contributed by atoms with van der Waals surface area (Å²) in [5, 5.41) is 19.5. The lowest BCUT2D eigenvalue weighted by molar-refractivity contribution is 0.488. The van der Waals surface area contributed by atoms with Crippen LogP contribution in [-0.2, 0) is 6.42 Å². The first-order chi connectivity index (χ1) is 6.72. The van der Waals surface area contributed by atoms with Crippen molar-refractivity contribution in [3.63, 3.8) is 0 Å². The fourth-order valence-electron chi connectivity index (χ4n) is 1.30. The molecule has 0 aliphatic heterocycles. The van der Waals surface area contributed by atoms with Gasteiger partial charge in [-0.15, -0.1) is 0 Å². The fraction of sp³-hybridized carbons (Fsp3) is 0.100. The van der Waals surface area contributed by atoms with E-state index >= 15 is 0 Å². The van der Waals surface area contributed by atoms with Crippen molar-refractivity contribution >= 4 is 44.0 Å². The van der Waals surface area contributed by atoms with E-state index in [1.165, 1.54) is 11.3 Å². The summed E-state index contributed by atoms with van der Waals surface area (Å²) in [6.07, 6.45) is 0.419. The molecule has 70 valence electrons. The van der Waals surface area contributed by atoms with Gasteiger partial charge in [-0.05, 0) is 40.3 Å². The molecule has 0 aliphatic carbocycles.